The third-order valence-electron chi connectivity index (χ3n) is 7.50. The zero-order valence-electron chi connectivity index (χ0n) is 21.1. The maximum absolute atomic E-state index is 13.3. The minimum Gasteiger partial charge on any atom is -0.351 e. The van der Waals surface area contributed by atoms with Gasteiger partial charge in [-0.05, 0) is 62.4 Å². The number of fused-ring (bicyclic) bond motifs is 1. The van der Waals surface area contributed by atoms with E-state index in [0.29, 0.717) is 17.7 Å². The summed E-state index contributed by atoms with van der Waals surface area (Å²) >= 11 is 0. The molecule has 4 aromatic rings. The lowest BCUT2D eigenvalue weighted by Crippen LogP contribution is -2.53. The summed E-state index contributed by atoms with van der Waals surface area (Å²) in [5, 5.41) is 4.25. The number of carbonyl (C=O) groups excluding carboxylic acids is 1. The largest absolute Gasteiger partial charge is 0.351 e. The first-order chi connectivity index (χ1) is 18.1. The van der Waals surface area contributed by atoms with Crippen LogP contribution in [0.2, 0.25) is 0 Å². The molecule has 0 unspecified atom stereocenters. The van der Waals surface area contributed by atoms with E-state index in [-0.39, 0.29) is 5.91 Å². The van der Waals surface area contributed by atoms with Gasteiger partial charge in [0.15, 0.2) is 0 Å². The number of benzene rings is 1. The lowest BCUT2D eigenvalue weighted by molar-refractivity contribution is 0.0515. The van der Waals surface area contributed by atoms with Crippen molar-refractivity contribution in [2.75, 3.05) is 51.6 Å². The summed E-state index contributed by atoms with van der Waals surface area (Å²) in [6.07, 6.45) is 5.56. The van der Waals surface area contributed by atoms with Crippen LogP contribution in [0, 0.1) is 0 Å². The van der Waals surface area contributed by atoms with Gasteiger partial charge in [0.2, 0.25) is 5.95 Å². The van der Waals surface area contributed by atoms with Crippen molar-refractivity contribution in [3.63, 3.8) is 0 Å². The minimum absolute atomic E-state index is 0.0777. The first-order valence-electron chi connectivity index (χ1n) is 13.0. The van der Waals surface area contributed by atoms with E-state index in [0.717, 1.165) is 80.1 Å². The standard InChI is InChI=1S/C28H32N8O/c1-34-14-16-35(17-15-34)22-8-12-36(13-9-22)27(37)26-19-20-18-21(5-6-23(20)32-26)31-28-30-11-7-25(33-28)24-4-2-3-10-29-24/h2-7,10-11,18-19,22,32H,8-9,12-17H2,1H3,(H,30,31,33). The molecule has 0 atom stereocenters. The number of pyridine rings is 1. The second-order valence-corrected chi connectivity index (χ2v) is 9.95. The quantitative estimate of drug-likeness (QED) is 0.436. The minimum atomic E-state index is 0.0777. The van der Waals surface area contributed by atoms with Gasteiger partial charge in [0, 0.05) is 74.3 Å². The normalized spacial score (nSPS) is 17.8. The number of nitrogens with one attached hydrogen (secondary N) is 2. The van der Waals surface area contributed by atoms with Gasteiger partial charge in [-0.1, -0.05) is 6.07 Å². The van der Waals surface area contributed by atoms with Crippen LogP contribution in [0.1, 0.15) is 23.3 Å². The summed E-state index contributed by atoms with van der Waals surface area (Å²) in [5.41, 5.74) is 3.98. The average Bonchev–Trinajstić information content (AvgIpc) is 3.37. The van der Waals surface area contributed by atoms with Crippen molar-refractivity contribution >= 4 is 28.4 Å². The van der Waals surface area contributed by atoms with Crippen molar-refractivity contribution in [2.24, 2.45) is 0 Å². The Hall–Kier alpha value is -3.82. The predicted octanol–water partition coefficient (Wildman–Crippen LogP) is 3.62. The van der Waals surface area contributed by atoms with Crippen LogP contribution in [-0.2, 0) is 0 Å². The van der Waals surface area contributed by atoms with E-state index >= 15 is 0 Å². The van der Waals surface area contributed by atoms with Gasteiger partial charge < -0.3 is 20.1 Å². The number of hydrogen-bond acceptors (Lipinski definition) is 7. The number of likely N-dealkylation sites (N-methyl/N-ethyl adjacent to an activating group) is 1. The molecular formula is C28H32N8O. The fourth-order valence-corrected chi connectivity index (χ4v) is 5.32. The number of piperazine rings is 1. The number of anilines is 2. The van der Waals surface area contributed by atoms with Crippen LogP contribution in [0.3, 0.4) is 0 Å². The van der Waals surface area contributed by atoms with Gasteiger partial charge in [-0.25, -0.2) is 9.97 Å². The lowest BCUT2D eigenvalue weighted by atomic mass is 10.0. The molecule has 6 rings (SSSR count). The smallest absolute Gasteiger partial charge is 0.270 e. The van der Waals surface area contributed by atoms with Crippen molar-refractivity contribution in [1.82, 2.24) is 34.6 Å². The van der Waals surface area contributed by atoms with Gasteiger partial charge in [0.05, 0.1) is 11.4 Å². The Kier molecular flexibility index (Phi) is 6.55. The zero-order chi connectivity index (χ0) is 25.2. The SMILES string of the molecule is CN1CCN(C2CCN(C(=O)c3cc4cc(Nc5nccc(-c6ccccn6)n5)ccc4[nH]3)CC2)CC1. The molecule has 0 spiro atoms. The van der Waals surface area contributed by atoms with Crippen LogP contribution in [0.25, 0.3) is 22.3 Å². The van der Waals surface area contributed by atoms with Crippen LogP contribution in [-0.4, -0.2) is 92.9 Å². The summed E-state index contributed by atoms with van der Waals surface area (Å²) in [4.78, 5) is 36.9. The summed E-state index contributed by atoms with van der Waals surface area (Å²) in [7, 11) is 2.19. The van der Waals surface area contributed by atoms with E-state index in [9.17, 15) is 4.79 Å². The molecule has 9 heteroatoms. The number of aromatic nitrogens is 4. The number of nitrogens with zero attached hydrogens (tertiary/aromatic N) is 6. The van der Waals surface area contributed by atoms with Gasteiger partial charge in [0.25, 0.3) is 5.91 Å². The molecule has 9 nitrogen and oxygen atoms in total. The molecular weight excluding hydrogens is 464 g/mol. The van der Waals surface area contributed by atoms with Crippen molar-refractivity contribution in [3.8, 4) is 11.4 Å². The van der Waals surface area contributed by atoms with Gasteiger partial charge in [-0.3, -0.25) is 14.7 Å². The predicted molar refractivity (Wildman–Crippen MR) is 145 cm³/mol. The molecule has 5 heterocycles. The highest BCUT2D eigenvalue weighted by Gasteiger charge is 2.29. The molecule has 3 aromatic heterocycles. The number of piperidine rings is 1. The first kappa shape index (κ1) is 23.6. The number of likely N-dealkylation sites (tertiary alicyclic amines) is 1. The number of carbonyl (C=O) groups is 1. The summed E-state index contributed by atoms with van der Waals surface area (Å²) < 4.78 is 0. The zero-order valence-corrected chi connectivity index (χ0v) is 21.1. The monoisotopic (exact) mass is 496 g/mol. The average molecular weight is 497 g/mol. The van der Waals surface area contributed by atoms with Crippen molar-refractivity contribution in [1.29, 1.82) is 0 Å². The van der Waals surface area contributed by atoms with Crippen molar-refractivity contribution in [3.05, 3.63) is 66.6 Å². The fraction of sp³-hybridized carbons (Fsp3) is 0.357. The molecule has 2 aliphatic rings. The third-order valence-corrected chi connectivity index (χ3v) is 7.50. The van der Waals surface area contributed by atoms with E-state index in [4.69, 9.17) is 0 Å². The summed E-state index contributed by atoms with van der Waals surface area (Å²) in [6, 6.07) is 16.1. The molecule has 2 fully saturated rings. The molecule has 37 heavy (non-hydrogen) atoms. The Morgan fingerprint density at radius 2 is 1.76 bits per heavy atom. The molecule has 190 valence electrons. The number of amides is 1. The molecule has 2 N–H and O–H groups in total. The Balaban J connectivity index is 1.11. The topological polar surface area (TPSA) is 93.3 Å². The molecule has 0 radical (unpaired) electrons. The van der Waals surface area contributed by atoms with E-state index in [1.807, 2.05) is 53.4 Å². The third kappa shape index (κ3) is 5.19. The Morgan fingerprint density at radius 1 is 0.919 bits per heavy atom. The van der Waals surface area contributed by atoms with E-state index < -0.39 is 0 Å². The highest BCUT2D eigenvalue weighted by molar-refractivity contribution is 5.98. The number of aromatic amines is 1. The van der Waals surface area contributed by atoms with Crippen LogP contribution in [0.15, 0.2) is 60.9 Å². The van der Waals surface area contributed by atoms with Crippen molar-refractivity contribution in [2.45, 2.75) is 18.9 Å². The van der Waals surface area contributed by atoms with E-state index in [2.05, 4.69) is 42.1 Å². The molecule has 2 saturated heterocycles. The van der Waals surface area contributed by atoms with Crippen LogP contribution >= 0.6 is 0 Å². The highest BCUT2D eigenvalue weighted by Crippen LogP contribution is 2.25. The van der Waals surface area contributed by atoms with Gasteiger partial charge in [-0.2, -0.15) is 0 Å². The van der Waals surface area contributed by atoms with E-state index in [1.54, 1.807) is 12.4 Å². The lowest BCUT2D eigenvalue weighted by Gasteiger charge is -2.42. The van der Waals surface area contributed by atoms with Gasteiger partial charge in [0.1, 0.15) is 5.69 Å². The van der Waals surface area contributed by atoms with E-state index in [1.165, 1.54) is 0 Å². The fourth-order valence-electron chi connectivity index (χ4n) is 5.32. The molecule has 0 bridgehead atoms. The van der Waals surface area contributed by atoms with Gasteiger partial charge in [-0.15, -0.1) is 0 Å². The first-order valence-corrected chi connectivity index (χ1v) is 13.0. The number of rotatable bonds is 5. The Labute approximate surface area is 216 Å². The second-order valence-electron chi connectivity index (χ2n) is 9.95. The molecule has 0 saturated carbocycles. The molecule has 2 aliphatic heterocycles. The van der Waals surface area contributed by atoms with Crippen molar-refractivity contribution < 1.29 is 4.79 Å². The van der Waals surface area contributed by atoms with Crippen LogP contribution in [0.5, 0.6) is 0 Å². The highest BCUT2D eigenvalue weighted by atomic mass is 16.2. The number of hydrogen-bond donors (Lipinski definition) is 2. The van der Waals surface area contributed by atoms with Gasteiger partial charge >= 0.3 is 0 Å². The molecule has 1 aromatic carbocycles. The summed E-state index contributed by atoms with van der Waals surface area (Å²) in [5.74, 6) is 0.575. The number of H-pyrrole nitrogens is 1. The Morgan fingerprint density at radius 3 is 2.54 bits per heavy atom. The van der Waals surface area contributed by atoms with Crippen LogP contribution < -0.4 is 5.32 Å². The summed E-state index contributed by atoms with van der Waals surface area (Å²) in [6.45, 7) is 6.14. The van der Waals surface area contributed by atoms with Crippen LogP contribution in [0.4, 0.5) is 11.6 Å². The maximum atomic E-state index is 13.3. The maximum Gasteiger partial charge on any atom is 0.270 e. The molecule has 0 aliphatic carbocycles. The molecule has 1 amide bonds. The second kappa shape index (κ2) is 10.3. The Bertz CT molecular complexity index is 1370.